The molecule has 0 bridgehead atoms. The SMILES string of the molecule is CC(C(=O)O)N(CCCC(=O)O)c1ccc(C=O)cc1. The van der Waals surface area contributed by atoms with Crippen molar-refractivity contribution < 1.29 is 24.6 Å². The highest BCUT2D eigenvalue weighted by Crippen LogP contribution is 2.18. The molecule has 0 heterocycles. The molecule has 108 valence electrons. The number of aliphatic carboxylic acids is 2. The Labute approximate surface area is 116 Å². The first-order chi connectivity index (χ1) is 9.45. The number of anilines is 1. The third-order valence-corrected chi connectivity index (χ3v) is 2.98. The van der Waals surface area contributed by atoms with Crippen molar-refractivity contribution in [2.45, 2.75) is 25.8 Å². The Hall–Kier alpha value is -2.37. The van der Waals surface area contributed by atoms with Gasteiger partial charge in [0, 0.05) is 24.2 Å². The lowest BCUT2D eigenvalue weighted by molar-refractivity contribution is -0.138. The lowest BCUT2D eigenvalue weighted by Gasteiger charge is -2.28. The molecule has 0 aliphatic heterocycles. The lowest BCUT2D eigenvalue weighted by Crippen LogP contribution is -2.39. The van der Waals surface area contributed by atoms with Gasteiger partial charge in [-0.15, -0.1) is 0 Å². The van der Waals surface area contributed by atoms with Crippen LogP contribution in [0.1, 0.15) is 30.1 Å². The van der Waals surface area contributed by atoms with Gasteiger partial charge in [0.15, 0.2) is 0 Å². The standard InChI is InChI=1S/C14H17NO5/c1-10(14(19)20)15(8-2-3-13(17)18)12-6-4-11(9-16)5-7-12/h4-7,9-10H,2-3,8H2,1H3,(H,17,18)(H,19,20). The van der Waals surface area contributed by atoms with Crippen molar-refractivity contribution >= 4 is 23.9 Å². The van der Waals surface area contributed by atoms with E-state index in [1.165, 1.54) is 6.92 Å². The second kappa shape index (κ2) is 7.28. The third kappa shape index (κ3) is 4.38. The van der Waals surface area contributed by atoms with E-state index in [0.717, 1.165) is 0 Å². The van der Waals surface area contributed by atoms with E-state index in [0.29, 0.717) is 30.5 Å². The summed E-state index contributed by atoms with van der Waals surface area (Å²) in [5.74, 6) is -1.90. The summed E-state index contributed by atoms with van der Waals surface area (Å²) in [6, 6.07) is 5.74. The maximum Gasteiger partial charge on any atom is 0.326 e. The van der Waals surface area contributed by atoms with Crippen molar-refractivity contribution in [2.75, 3.05) is 11.4 Å². The fourth-order valence-corrected chi connectivity index (χ4v) is 1.82. The van der Waals surface area contributed by atoms with Crippen molar-refractivity contribution in [1.29, 1.82) is 0 Å². The maximum absolute atomic E-state index is 11.1. The lowest BCUT2D eigenvalue weighted by atomic mass is 10.1. The van der Waals surface area contributed by atoms with Crippen LogP contribution in [0.25, 0.3) is 0 Å². The summed E-state index contributed by atoms with van der Waals surface area (Å²) >= 11 is 0. The Bertz CT molecular complexity index is 483. The minimum absolute atomic E-state index is 0.0186. The number of carbonyl (C=O) groups excluding carboxylic acids is 1. The Morgan fingerprint density at radius 2 is 1.85 bits per heavy atom. The molecule has 2 N–H and O–H groups in total. The van der Waals surface area contributed by atoms with Gasteiger partial charge in [-0.3, -0.25) is 9.59 Å². The summed E-state index contributed by atoms with van der Waals surface area (Å²) in [5.41, 5.74) is 1.15. The van der Waals surface area contributed by atoms with E-state index in [2.05, 4.69) is 0 Å². The number of benzene rings is 1. The highest BCUT2D eigenvalue weighted by atomic mass is 16.4. The monoisotopic (exact) mass is 279 g/mol. The van der Waals surface area contributed by atoms with Crippen molar-refractivity contribution in [3.63, 3.8) is 0 Å². The van der Waals surface area contributed by atoms with Gasteiger partial charge in [-0.05, 0) is 37.6 Å². The number of carbonyl (C=O) groups is 3. The molecule has 6 nitrogen and oxygen atoms in total. The molecule has 0 aliphatic rings. The molecule has 0 fully saturated rings. The summed E-state index contributed by atoms with van der Waals surface area (Å²) in [6.07, 6.45) is 1.04. The first-order valence-corrected chi connectivity index (χ1v) is 6.22. The van der Waals surface area contributed by atoms with Crippen LogP contribution in [-0.2, 0) is 9.59 Å². The summed E-state index contributed by atoms with van der Waals surface area (Å²) in [5, 5.41) is 17.7. The normalized spacial score (nSPS) is 11.7. The van der Waals surface area contributed by atoms with Gasteiger partial charge in [-0.2, -0.15) is 0 Å². The van der Waals surface area contributed by atoms with Crippen LogP contribution < -0.4 is 4.90 Å². The predicted octanol–water partition coefficient (Wildman–Crippen LogP) is 1.64. The van der Waals surface area contributed by atoms with E-state index in [4.69, 9.17) is 10.2 Å². The van der Waals surface area contributed by atoms with Crippen LogP contribution in [-0.4, -0.2) is 41.0 Å². The zero-order valence-electron chi connectivity index (χ0n) is 11.2. The van der Waals surface area contributed by atoms with Crippen molar-refractivity contribution in [1.82, 2.24) is 0 Å². The van der Waals surface area contributed by atoms with Crippen molar-refractivity contribution in [3.05, 3.63) is 29.8 Å². The Morgan fingerprint density at radius 3 is 2.30 bits per heavy atom. The highest BCUT2D eigenvalue weighted by Gasteiger charge is 2.20. The number of rotatable bonds is 8. The van der Waals surface area contributed by atoms with Crippen LogP contribution in [0.4, 0.5) is 5.69 Å². The highest BCUT2D eigenvalue weighted by molar-refractivity contribution is 5.79. The topological polar surface area (TPSA) is 94.9 Å². The van der Waals surface area contributed by atoms with Gasteiger partial charge in [-0.1, -0.05) is 0 Å². The smallest absolute Gasteiger partial charge is 0.326 e. The molecule has 0 amide bonds. The Morgan fingerprint density at radius 1 is 1.25 bits per heavy atom. The van der Waals surface area contributed by atoms with E-state index < -0.39 is 18.0 Å². The first kappa shape index (κ1) is 15.7. The van der Waals surface area contributed by atoms with Crippen LogP contribution in [0.3, 0.4) is 0 Å². The number of aldehydes is 1. The third-order valence-electron chi connectivity index (χ3n) is 2.98. The first-order valence-electron chi connectivity index (χ1n) is 6.22. The fourth-order valence-electron chi connectivity index (χ4n) is 1.82. The molecule has 6 heteroatoms. The molecule has 0 aliphatic carbocycles. The largest absolute Gasteiger partial charge is 0.481 e. The van der Waals surface area contributed by atoms with Gasteiger partial charge < -0.3 is 15.1 Å². The molecule has 0 saturated carbocycles. The molecule has 1 aromatic carbocycles. The predicted molar refractivity (Wildman–Crippen MR) is 73.1 cm³/mol. The van der Waals surface area contributed by atoms with E-state index >= 15 is 0 Å². The zero-order valence-corrected chi connectivity index (χ0v) is 11.2. The number of nitrogens with zero attached hydrogens (tertiary/aromatic N) is 1. The van der Waals surface area contributed by atoms with Gasteiger partial charge in [0.05, 0.1) is 0 Å². The number of hydrogen-bond donors (Lipinski definition) is 2. The second-order valence-electron chi connectivity index (χ2n) is 4.41. The van der Waals surface area contributed by atoms with Crippen LogP contribution >= 0.6 is 0 Å². The average molecular weight is 279 g/mol. The Balaban J connectivity index is 2.87. The summed E-state index contributed by atoms with van der Waals surface area (Å²) in [4.78, 5) is 33.9. The van der Waals surface area contributed by atoms with E-state index in [-0.39, 0.29) is 6.42 Å². The summed E-state index contributed by atoms with van der Waals surface area (Å²) in [6.45, 7) is 1.86. The zero-order chi connectivity index (χ0) is 15.1. The molecule has 0 saturated heterocycles. The molecule has 20 heavy (non-hydrogen) atoms. The van der Waals surface area contributed by atoms with Gasteiger partial charge in [0.2, 0.25) is 0 Å². The maximum atomic E-state index is 11.1. The van der Waals surface area contributed by atoms with E-state index in [1.54, 1.807) is 29.2 Å². The van der Waals surface area contributed by atoms with Gasteiger partial charge in [0.25, 0.3) is 0 Å². The average Bonchev–Trinajstić information content (AvgIpc) is 2.43. The summed E-state index contributed by atoms with van der Waals surface area (Å²) in [7, 11) is 0. The van der Waals surface area contributed by atoms with E-state index in [9.17, 15) is 14.4 Å². The molecule has 1 atom stereocenters. The molecular formula is C14H17NO5. The molecular weight excluding hydrogens is 262 g/mol. The Kier molecular flexibility index (Phi) is 5.71. The molecule has 1 rings (SSSR count). The number of carboxylic acids is 2. The van der Waals surface area contributed by atoms with Crippen molar-refractivity contribution in [2.24, 2.45) is 0 Å². The van der Waals surface area contributed by atoms with Crippen LogP contribution in [0.15, 0.2) is 24.3 Å². The fraction of sp³-hybridized carbons (Fsp3) is 0.357. The molecule has 0 aromatic heterocycles. The second-order valence-corrected chi connectivity index (χ2v) is 4.41. The van der Waals surface area contributed by atoms with Gasteiger partial charge in [-0.25, -0.2) is 4.79 Å². The minimum atomic E-state index is -0.986. The quantitative estimate of drug-likeness (QED) is 0.702. The van der Waals surface area contributed by atoms with Gasteiger partial charge >= 0.3 is 11.9 Å². The van der Waals surface area contributed by atoms with Gasteiger partial charge in [0.1, 0.15) is 12.3 Å². The van der Waals surface area contributed by atoms with E-state index in [1.807, 2.05) is 0 Å². The number of carboxylic acid groups (broad SMARTS) is 2. The van der Waals surface area contributed by atoms with Crippen molar-refractivity contribution in [3.8, 4) is 0 Å². The van der Waals surface area contributed by atoms with Crippen LogP contribution in [0.5, 0.6) is 0 Å². The molecule has 1 unspecified atom stereocenters. The number of hydrogen-bond acceptors (Lipinski definition) is 4. The molecule has 0 spiro atoms. The minimum Gasteiger partial charge on any atom is -0.481 e. The summed E-state index contributed by atoms with van der Waals surface area (Å²) < 4.78 is 0. The van der Waals surface area contributed by atoms with Crippen LogP contribution in [0, 0.1) is 0 Å². The van der Waals surface area contributed by atoms with Crippen LogP contribution in [0.2, 0.25) is 0 Å². The molecule has 1 aromatic rings. The molecule has 0 radical (unpaired) electrons.